The number of aryl methyl sites for hydroxylation is 1. The van der Waals surface area contributed by atoms with E-state index in [9.17, 15) is 4.79 Å². The predicted molar refractivity (Wildman–Crippen MR) is 119 cm³/mol. The summed E-state index contributed by atoms with van der Waals surface area (Å²) in [6, 6.07) is 17.5. The van der Waals surface area contributed by atoms with Crippen LogP contribution < -0.4 is 15.5 Å². The van der Waals surface area contributed by atoms with Gasteiger partial charge in [-0.3, -0.25) is 4.79 Å². The minimum absolute atomic E-state index is 0.265. The Morgan fingerprint density at radius 3 is 2.14 bits per heavy atom. The maximum Gasteiger partial charge on any atom is 0.274 e. The van der Waals surface area contributed by atoms with E-state index in [1.807, 2.05) is 67.5 Å². The van der Waals surface area contributed by atoms with Crippen LogP contribution in [0.2, 0.25) is 0 Å². The van der Waals surface area contributed by atoms with E-state index in [1.54, 1.807) is 13.0 Å². The Morgan fingerprint density at radius 1 is 0.931 bits per heavy atom. The second kappa shape index (κ2) is 8.73. The average Bonchev–Trinajstić information content (AvgIpc) is 2.68. The fourth-order valence-corrected chi connectivity index (χ4v) is 2.89. The Kier molecular flexibility index (Phi) is 6.12. The zero-order valence-electron chi connectivity index (χ0n) is 17.5. The van der Waals surface area contributed by atoms with Gasteiger partial charge in [-0.25, -0.2) is 9.97 Å². The van der Waals surface area contributed by atoms with E-state index in [1.165, 1.54) is 5.56 Å². The van der Waals surface area contributed by atoms with Gasteiger partial charge in [0.05, 0.1) is 0 Å². The van der Waals surface area contributed by atoms with E-state index >= 15 is 0 Å². The Hall–Kier alpha value is -3.41. The Bertz CT molecular complexity index is 979. The molecule has 150 valence electrons. The van der Waals surface area contributed by atoms with E-state index in [0.717, 1.165) is 17.1 Å². The molecule has 0 aliphatic carbocycles. The SMILES string of the molecule is Cc1nc(Nc2ccc(N(C)C)cc2)cc(C(=O)Nc2ccc(C(C)C)cc2)n1. The van der Waals surface area contributed by atoms with Gasteiger partial charge in [-0.05, 0) is 54.8 Å². The van der Waals surface area contributed by atoms with E-state index in [2.05, 4.69) is 34.4 Å². The van der Waals surface area contributed by atoms with E-state index in [-0.39, 0.29) is 5.91 Å². The summed E-state index contributed by atoms with van der Waals surface area (Å²) in [5.74, 6) is 1.29. The van der Waals surface area contributed by atoms with Crippen LogP contribution in [0.5, 0.6) is 0 Å². The van der Waals surface area contributed by atoms with Gasteiger partial charge in [0.2, 0.25) is 0 Å². The first kappa shape index (κ1) is 20.3. The molecule has 0 aliphatic heterocycles. The van der Waals surface area contributed by atoms with Crippen molar-refractivity contribution < 1.29 is 4.79 Å². The summed E-state index contributed by atoms with van der Waals surface area (Å²) in [6.45, 7) is 6.05. The summed E-state index contributed by atoms with van der Waals surface area (Å²) < 4.78 is 0. The van der Waals surface area contributed by atoms with Gasteiger partial charge >= 0.3 is 0 Å². The highest BCUT2D eigenvalue weighted by Gasteiger charge is 2.12. The quantitative estimate of drug-likeness (QED) is 0.623. The first-order valence-electron chi connectivity index (χ1n) is 9.63. The molecule has 0 unspecified atom stereocenters. The van der Waals surface area contributed by atoms with Crippen LogP contribution in [0, 0.1) is 6.92 Å². The van der Waals surface area contributed by atoms with Gasteiger partial charge in [-0.1, -0.05) is 26.0 Å². The lowest BCUT2D eigenvalue weighted by atomic mass is 10.0. The van der Waals surface area contributed by atoms with Crippen LogP contribution in [-0.4, -0.2) is 30.0 Å². The third kappa shape index (κ3) is 5.31. The summed E-state index contributed by atoms with van der Waals surface area (Å²) in [6.07, 6.45) is 0. The van der Waals surface area contributed by atoms with Crippen molar-refractivity contribution in [2.45, 2.75) is 26.7 Å². The molecular weight excluding hydrogens is 362 g/mol. The highest BCUT2D eigenvalue weighted by Crippen LogP contribution is 2.21. The molecule has 0 radical (unpaired) electrons. The zero-order chi connectivity index (χ0) is 21.0. The molecule has 3 rings (SSSR count). The second-order valence-corrected chi connectivity index (χ2v) is 7.48. The number of aromatic nitrogens is 2. The number of carbonyl (C=O) groups is 1. The molecule has 1 amide bonds. The van der Waals surface area contributed by atoms with E-state index in [0.29, 0.717) is 23.3 Å². The van der Waals surface area contributed by atoms with Crippen LogP contribution in [-0.2, 0) is 0 Å². The standard InChI is InChI=1S/C23H27N5O/c1-15(2)17-6-8-19(9-7-17)27-23(29)21-14-22(25-16(3)24-21)26-18-10-12-20(13-11-18)28(4)5/h6-15H,1-5H3,(H,27,29)(H,24,25,26). The number of nitrogens with one attached hydrogen (secondary N) is 2. The van der Waals surface area contributed by atoms with Gasteiger partial charge in [0, 0.05) is 37.2 Å². The molecule has 0 atom stereocenters. The largest absolute Gasteiger partial charge is 0.378 e. The first-order chi connectivity index (χ1) is 13.8. The number of rotatable bonds is 6. The molecule has 0 aliphatic rings. The van der Waals surface area contributed by atoms with Crippen LogP contribution in [0.3, 0.4) is 0 Å². The molecule has 1 aromatic heterocycles. The van der Waals surface area contributed by atoms with E-state index in [4.69, 9.17) is 0 Å². The molecule has 0 saturated heterocycles. The molecule has 0 fully saturated rings. The minimum atomic E-state index is -0.265. The molecule has 1 heterocycles. The molecule has 0 saturated carbocycles. The lowest BCUT2D eigenvalue weighted by molar-refractivity contribution is 0.102. The monoisotopic (exact) mass is 389 g/mol. The number of benzene rings is 2. The fourth-order valence-electron chi connectivity index (χ4n) is 2.89. The topological polar surface area (TPSA) is 70.2 Å². The van der Waals surface area contributed by atoms with Gasteiger partial charge in [0.15, 0.2) is 0 Å². The number of carbonyl (C=O) groups excluding carboxylic acids is 1. The van der Waals surface area contributed by atoms with Crippen molar-refractivity contribution >= 4 is 28.8 Å². The molecule has 29 heavy (non-hydrogen) atoms. The lowest BCUT2D eigenvalue weighted by Gasteiger charge is -2.13. The van der Waals surface area contributed by atoms with Crippen molar-refractivity contribution in [3.63, 3.8) is 0 Å². The molecule has 0 spiro atoms. The number of amides is 1. The Balaban J connectivity index is 1.74. The van der Waals surface area contributed by atoms with Gasteiger partial charge in [-0.15, -0.1) is 0 Å². The zero-order valence-corrected chi connectivity index (χ0v) is 17.5. The van der Waals surface area contributed by atoms with Crippen LogP contribution in [0.1, 0.15) is 41.6 Å². The normalized spacial score (nSPS) is 10.7. The van der Waals surface area contributed by atoms with Crippen molar-refractivity contribution in [3.8, 4) is 0 Å². The maximum absolute atomic E-state index is 12.7. The number of anilines is 4. The van der Waals surface area contributed by atoms with Crippen LogP contribution in [0.25, 0.3) is 0 Å². The minimum Gasteiger partial charge on any atom is -0.378 e. The smallest absolute Gasteiger partial charge is 0.274 e. The molecule has 2 aromatic carbocycles. The number of nitrogens with zero attached hydrogens (tertiary/aromatic N) is 3. The maximum atomic E-state index is 12.7. The number of hydrogen-bond donors (Lipinski definition) is 2. The van der Waals surface area contributed by atoms with E-state index < -0.39 is 0 Å². The second-order valence-electron chi connectivity index (χ2n) is 7.48. The Labute approximate surface area is 172 Å². The van der Waals surface area contributed by atoms with Crippen molar-refractivity contribution in [1.29, 1.82) is 0 Å². The Morgan fingerprint density at radius 2 is 1.55 bits per heavy atom. The predicted octanol–water partition coefficient (Wildman–Crippen LogP) is 4.97. The average molecular weight is 390 g/mol. The summed E-state index contributed by atoms with van der Waals surface area (Å²) in [4.78, 5) is 23.4. The summed E-state index contributed by atoms with van der Waals surface area (Å²) in [5, 5.41) is 6.14. The van der Waals surface area contributed by atoms with Crippen molar-refractivity contribution in [2.75, 3.05) is 29.6 Å². The third-order valence-corrected chi connectivity index (χ3v) is 4.56. The molecule has 6 heteroatoms. The summed E-state index contributed by atoms with van der Waals surface area (Å²) in [5.41, 5.74) is 4.29. The van der Waals surface area contributed by atoms with Crippen molar-refractivity contribution in [3.05, 3.63) is 71.7 Å². The van der Waals surface area contributed by atoms with Crippen LogP contribution >= 0.6 is 0 Å². The molecule has 6 nitrogen and oxygen atoms in total. The molecular formula is C23H27N5O. The lowest BCUT2D eigenvalue weighted by Crippen LogP contribution is -2.15. The molecule has 3 aromatic rings. The van der Waals surface area contributed by atoms with Gasteiger partial charge < -0.3 is 15.5 Å². The van der Waals surface area contributed by atoms with Gasteiger partial charge in [0.25, 0.3) is 5.91 Å². The summed E-state index contributed by atoms with van der Waals surface area (Å²) in [7, 11) is 3.99. The van der Waals surface area contributed by atoms with Crippen LogP contribution in [0.4, 0.5) is 22.9 Å². The molecule has 2 N–H and O–H groups in total. The fraction of sp³-hybridized carbons (Fsp3) is 0.261. The van der Waals surface area contributed by atoms with Crippen molar-refractivity contribution in [1.82, 2.24) is 9.97 Å². The summed E-state index contributed by atoms with van der Waals surface area (Å²) >= 11 is 0. The first-order valence-corrected chi connectivity index (χ1v) is 9.63. The highest BCUT2D eigenvalue weighted by molar-refractivity contribution is 6.03. The van der Waals surface area contributed by atoms with Crippen molar-refractivity contribution in [2.24, 2.45) is 0 Å². The van der Waals surface area contributed by atoms with Gasteiger partial charge in [-0.2, -0.15) is 0 Å². The highest BCUT2D eigenvalue weighted by atomic mass is 16.1. The van der Waals surface area contributed by atoms with Gasteiger partial charge in [0.1, 0.15) is 17.3 Å². The molecule has 0 bridgehead atoms. The third-order valence-electron chi connectivity index (χ3n) is 4.56. The van der Waals surface area contributed by atoms with Crippen LogP contribution in [0.15, 0.2) is 54.6 Å². The number of hydrogen-bond acceptors (Lipinski definition) is 5.